The lowest BCUT2D eigenvalue weighted by Crippen LogP contribution is -2.52. The van der Waals surface area contributed by atoms with Crippen LogP contribution in [0.15, 0.2) is 12.2 Å². The maximum absolute atomic E-state index is 12.2. The summed E-state index contributed by atoms with van der Waals surface area (Å²) in [6, 6.07) is 0. The number of rotatable bonds is 0. The second-order valence-corrected chi connectivity index (χ2v) is 6.20. The van der Waals surface area contributed by atoms with Gasteiger partial charge in [0.1, 0.15) is 5.60 Å². The predicted octanol–water partition coefficient (Wildman–Crippen LogP) is 3.50. The Hall–Kier alpha value is -0.990. The molecule has 1 saturated carbocycles. The van der Waals surface area contributed by atoms with Gasteiger partial charge in [-0.15, -0.1) is 0 Å². The number of ether oxygens (including phenoxy) is 1. The minimum absolute atomic E-state index is 0.0527. The summed E-state index contributed by atoms with van der Waals surface area (Å²) in [6.07, 6.45) is 9.84. The summed E-state index contributed by atoms with van der Waals surface area (Å²) in [4.78, 5) is 14.2. The molecule has 0 aromatic carbocycles. The molecule has 1 spiro atoms. The Morgan fingerprint density at radius 3 is 2.47 bits per heavy atom. The second kappa shape index (κ2) is 4.35. The first kappa shape index (κ1) is 12.5. The highest BCUT2D eigenvalue weighted by atomic mass is 16.6. The van der Waals surface area contributed by atoms with Crippen LogP contribution in [0.5, 0.6) is 0 Å². The lowest BCUT2D eigenvalue weighted by molar-refractivity contribution is -0.000528. The zero-order chi connectivity index (χ0) is 12.5. The molecule has 0 unspecified atom stereocenters. The van der Waals surface area contributed by atoms with Crippen LogP contribution in [0.4, 0.5) is 4.79 Å². The van der Waals surface area contributed by atoms with Gasteiger partial charge < -0.3 is 4.74 Å². The fourth-order valence-electron chi connectivity index (χ4n) is 2.88. The van der Waals surface area contributed by atoms with Crippen molar-refractivity contribution in [2.75, 3.05) is 6.54 Å². The Morgan fingerprint density at radius 1 is 1.24 bits per heavy atom. The van der Waals surface area contributed by atoms with Crippen molar-refractivity contribution in [3.05, 3.63) is 12.2 Å². The van der Waals surface area contributed by atoms with Crippen LogP contribution in [0.1, 0.15) is 52.9 Å². The van der Waals surface area contributed by atoms with Gasteiger partial charge in [0.2, 0.25) is 0 Å². The van der Waals surface area contributed by atoms with Crippen molar-refractivity contribution in [3.63, 3.8) is 0 Å². The zero-order valence-electron chi connectivity index (χ0n) is 11.2. The highest BCUT2D eigenvalue weighted by Crippen LogP contribution is 2.40. The van der Waals surface area contributed by atoms with Crippen LogP contribution in [0, 0.1) is 0 Å². The molecule has 1 aliphatic heterocycles. The fraction of sp³-hybridized carbons (Fsp3) is 0.786. The van der Waals surface area contributed by atoms with E-state index < -0.39 is 5.60 Å². The van der Waals surface area contributed by atoms with E-state index in [-0.39, 0.29) is 11.6 Å². The molecule has 0 N–H and O–H groups in total. The quantitative estimate of drug-likeness (QED) is 0.603. The zero-order valence-corrected chi connectivity index (χ0v) is 11.2. The van der Waals surface area contributed by atoms with E-state index in [0.29, 0.717) is 6.54 Å². The lowest BCUT2D eigenvalue weighted by Gasteiger charge is -2.43. The number of amides is 1. The van der Waals surface area contributed by atoms with Crippen LogP contribution >= 0.6 is 0 Å². The minimum Gasteiger partial charge on any atom is -0.444 e. The van der Waals surface area contributed by atoms with Gasteiger partial charge in [-0.2, -0.15) is 0 Å². The van der Waals surface area contributed by atoms with Crippen LogP contribution in [-0.2, 0) is 4.74 Å². The first-order valence-electron chi connectivity index (χ1n) is 6.59. The van der Waals surface area contributed by atoms with Gasteiger partial charge in [0.05, 0.1) is 5.54 Å². The molecule has 0 aromatic heterocycles. The van der Waals surface area contributed by atoms with Crippen molar-refractivity contribution in [2.24, 2.45) is 0 Å². The van der Waals surface area contributed by atoms with Crippen LogP contribution in [0.25, 0.3) is 0 Å². The summed E-state index contributed by atoms with van der Waals surface area (Å²) >= 11 is 0. The molecule has 0 radical (unpaired) electrons. The summed E-state index contributed by atoms with van der Waals surface area (Å²) in [5, 5.41) is 0. The van der Waals surface area contributed by atoms with Crippen molar-refractivity contribution >= 4 is 6.09 Å². The number of hydrogen-bond donors (Lipinski definition) is 0. The van der Waals surface area contributed by atoms with Gasteiger partial charge in [-0.25, -0.2) is 4.79 Å². The van der Waals surface area contributed by atoms with E-state index >= 15 is 0 Å². The molecule has 1 amide bonds. The summed E-state index contributed by atoms with van der Waals surface area (Å²) in [6.45, 7) is 6.47. The molecule has 0 aromatic rings. The van der Waals surface area contributed by atoms with E-state index in [2.05, 4.69) is 12.2 Å². The molecule has 1 fully saturated rings. The predicted molar refractivity (Wildman–Crippen MR) is 67.9 cm³/mol. The summed E-state index contributed by atoms with van der Waals surface area (Å²) in [7, 11) is 0. The lowest BCUT2D eigenvalue weighted by atomic mass is 9.88. The molecule has 0 bridgehead atoms. The minimum atomic E-state index is -0.405. The largest absolute Gasteiger partial charge is 0.444 e. The van der Waals surface area contributed by atoms with Crippen molar-refractivity contribution < 1.29 is 9.53 Å². The number of nitrogens with zero attached hydrogens (tertiary/aromatic N) is 1. The number of carbonyl (C=O) groups excluding carboxylic acids is 1. The Labute approximate surface area is 104 Å². The Morgan fingerprint density at radius 2 is 1.88 bits per heavy atom. The Bertz CT molecular complexity index is 322. The third-order valence-corrected chi connectivity index (χ3v) is 3.67. The van der Waals surface area contributed by atoms with E-state index in [0.717, 1.165) is 19.3 Å². The molecular formula is C14H23NO2. The van der Waals surface area contributed by atoms with Crippen molar-refractivity contribution in [1.29, 1.82) is 0 Å². The van der Waals surface area contributed by atoms with E-state index in [1.54, 1.807) is 0 Å². The fourth-order valence-corrected chi connectivity index (χ4v) is 2.88. The molecule has 3 heteroatoms. The number of carbonyl (C=O) groups is 1. The molecule has 1 heterocycles. The van der Waals surface area contributed by atoms with Gasteiger partial charge in [-0.05, 0) is 40.0 Å². The van der Waals surface area contributed by atoms with Gasteiger partial charge in [0.25, 0.3) is 0 Å². The molecule has 96 valence electrons. The third-order valence-electron chi connectivity index (χ3n) is 3.67. The smallest absolute Gasteiger partial charge is 0.411 e. The van der Waals surface area contributed by atoms with E-state index in [1.807, 2.05) is 25.7 Å². The van der Waals surface area contributed by atoms with Crippen molar-refractivity contribution in [1.82, 2.24) is 4.90 Å². The van der Waals surface area contributed by atoms with Crippen LogP contribution < -0.4 is 0 Å². The topological polar surface area (TPSA) is 29.5 Å². The summed E-state index contributed by atoms with van der Waals surface area (Å²) in [5.74, 6) is 0. The summed E-state index contributed by atoms with van der Waals surface area (Å²) < 4.78 is 5.52. The summed E-state index contributed by atoms with van der Waals surface area (Å²) in [5.41, 5.74) is -0.352. The second-order valence-electron chi connectivity index (χ2n) is 6.20. The molecule has 2 aliphatic rings. The van der Waals surface area contributed by atoms with Crippen LogP contribution in [-0.4, -0.2) is 28.7 Å². The Balaban J connectivity index is 2.12. The van der Waals surface area contributed by atoms with Gasteiger partial charge >= 0.3 is 6.09 Å². The first-order chi connectivity index (χ1) is 7.93. The number of hydrogen-bond acceptors (Lipinski definition) is 2. The SMILES string of the molecule is CC(C)(C)OC(=O)N1CC=CCC12CCCC2. The molecular weight excluding hydrogens is 214 g/mol. The average Bonchev–Trinajstić information content (AvgIpc) is 2.65. The standard InChI is InChI=1S/C14H23NO2/c1-13(2,3)17-12(16)15-11-7-6-10-14(15)8-4-5-9-14/h6-7H,4-5,8-11H2,1-3H3. The highest BCUT2D eigenvalue weighted by molar-refractivity contribution is 5.70. The van der Waals surface area contributed by atoms with Gasteiger partial charge in [-0.1, -0.05) is 25.0 Å². The van der Waals surface area contributed by atoms with Gasteiger partial charge in [-0.3, -0.25) is 4.90 Å². The third kappa shape index (κ3) is 2.64. The van der Waals surface area contributed by atoms with Crippen LogP contribution in [0.2, 0.25) is 0 Å². The van der Waals surface area contributed by atoms with E-state index in [4.69, 9.17) is 4.74 Å². The molecule has 17 heavy (non-hydrogen) atoms. The normalized spacial score (nSPS) is 23.1. The molecule has 1 aliphatic carbocycles. The van der Waals surface area contributed by atoms with Gasteiger partial charge in [0, 0.05) is 6.54 Å². The molecule has 3 nitrogen and oxygen atoms in total. The first-order valence-corrected chi connectivity index (χ1v) is 6.59. The molecule has 0 saturated heterocycles. The van der Waals surface area contributed by atoms with E-state index in [9.17, 15) is 4.79 Å². The van der Waals surface area contributed by atoms with Crippen molar-refractivity contribution in [2.45, 2.75) is 64.0 Å². The maximum atomic E-state index is 12.2. The van der Waals surface area contributed by atoms with E-state index in [1.165, 1.54) is 12.8 Å². The van der Waals surface area contributed by atoms with Crippen LogP contribution in [0.3, 0.4) is 0 Å². The highest BCUT2D eigenvalue weighted by Gasteiger charge is 2.43. The monoisotopic (exact) mass is 237 g/mol. The average molecular weight is 237 g/mol. The van der Waals surface area contributed by atoms with Crippen molar-refractivity contribution in [3.8, 4) is 0 Å². The maximum Gasteiger partial charge on any atom is 0.411 e. The Kier molecular flexibility index (Phi) is 3.19. The van der Waals surface area contributed by atoms with Gasteiger partial charge in [0.15, 0.2) is 0 Å². The molecule has 2 rings (SSSR count). The molecule has 0 atom stereocenters.